The lowest BCUT2D eigenvalue weighted by Gasteiger charge is -2.35. The summed E-state index contributed by atoms with van der Waals surface area (Å²) in [6.07, 6.45) is -5.30. The number of carboxylic acid groups (broad SMARTS) is 1. The van der Waals surface area contributed by atoms with E-state index in [4.69, 9.17) is 28.4 Å². The van der Waals surface area contributed by atoms with Crippen molar-refractivity contribution in [1.82, 2.24) is 62.6 Å². The van der Waals surface area contributed by atoms with E-state index in [1.54, 1.807) is 146 Å². The van der Waals surface area contributed by atoms with Crippen LogP contribution in [0.3, 0.4) is 0 Å². The van der Waals surface area contributed by atoms with Gasteiger partial charge in [0.25, 0.3) is 0 Å². The van der Waals surface area contributed by atoms with Crippen LogP contribution >= 0.6 is 0 Å². The summed E-state index contributed by atoms with van der Waals surface area (Å²) >= 11 is 0. The van der Waals surface area contributed by atoms with E-state index in [9.17, 15) is 82.4 Å². The second-order valence-electron chi connectivity index (χ2n) is 36.0. The molecular formula is C89H146N12O23. The van der Waals surface area contributed by atoms with E-state index in [1.807, 2.05) is 41.5 Å². The van der Waals surface area contributed by atoms with Gasteiger partial charge in [0.05, 0.1) is 51.4 Å². The van der Waals surface area contributed by atoms with Crippen LogP contribution in [-0.4, -0.2) is 263 Å². The number of nitrogens with zero attached hydrogens (tertiary/aromatic N) is 3. The molecule has 0 bridgehead atoms. The van der Waals surface area contributed by atoms with Gasteiger partial charge < -0.3 is 106 Å². The highest BCUT2D eigenvalue weighted by Crippen LogP contribution is 2.28. The number of likely N-dealkylation sites (N-methyl/N-ethyl adjacent to an activating group) is 2. The van der Waals surface area contributed by atoms with Gasteiger partial charge in [-0.25, -0.2) is 19.2 Å². The molecule has 0 unspecified atom stereocenters. The van der Waals surface area contributed by atoms with E-state index < -0.39 is 228 Å². The van der Waals surface area contributed by atoms with Gasteiger partial charge >= 0.3 is 30.1 Å². The highest BCUT2D eigenvalue weighted by atomic mass is 16.6. The lowest BCUT2D eigenvalue weighted by molar-refractivity contribution is -0.162. The van der Waals surface area contributed by atoms with Crippen molar-refractivity contribution in [3.63, 3.8) is 0 Å². The van der Waals surface area contributed by atoms with E-state index in [1.165, 1.54) is 42.7 Å². The number of carbonyl (C=O) groups excluding carboxylic acids is 13. The lowest BCUT2D eigenvalue weighted by Crippen LogP contribution is -2.60. The molecule has 0 spiro atoms. The summed E-state index contributed by atoms with van der Waals surface area (Å²) in [5.41, 5.74) is -0.439. The number of benzene rings is 2. The van der Waals surface area contributed by atoms with Crippen molar-refractivity contribution in [3.8, 4) is 11.5 Å². The van der Waals surface area contributed by atoms with Crippen LogP contribution < -0.4 is 57.3 Å². The Morgan fingerprint density at radius 3 is 1.75 bits per heavy atom. The number of cyclic esters (lactones) is 1. The summed E-state index contributed by atoms with van der Waals surface area (Å²) in [4.78, 5) is 195. The molecule has 3 saturated heterocycles. The highest BCUT2D eigenvalue weighted by molar-refractivity contribution is 5.97. The maximum atomic E-state index is 14.5. The van der Waals surface area contributed by atoms with Crippen LogP contribution in [0.4, 0.5) is 9.59 Å². The molecule has 3 aliphatic rings. The first-order chi connectivity index (χ1) is 57.4. The van der Waals surface area contributed by atoms with Gasteiger partial charge in [-0.3, -0.25) is 47.9 Å². The van der Waals surface area contributed by atoms with Crippen molar-refractivity contribution < 1.29 is 111 Å². The number of fused-ring (bicyclic) bond motifs is 1. The van der Waals surface area contributed by atoms with E-state index in [0.29, 0.717) is 55.6 Å². The molecule has 35 nitrogen and oxygen atoms in total. The highest BCUT2D eigenvalue weighted by Gasteiger charge is 2.46. The number of esters is 2. The monoisotopic (exact) mass is 1750 g/mol. The number of hydrogen-bond donors (Lipinski definition) is 12. The van der Waals surface area contributed by atoms with Gasteiger partial charge in [-0.05, 0) is 178 Å². The topological polar surface area (TPSA) is 473 Å². The third kappa shape index (κ3) is 33.9. The summed E-state index contributed by atoms with van der Waals surface area (Å²) < 4.78 is 33.1. The van der Waals surface area contributed by atoms with E-state index in [2.05, 4.69) is 47.9 Å². The van der Waals surface area contributed by atoms with Gasteiger partial charge in [-0.1, -0.05) is 128 Å². The summed E-state index contributed by atoms with van der Waals surface area (Å²) in [5.74, 6) is -9.09. The predicted molar refractivity (Wildman–Crippen MR) is 464 cm³/mol. The maximum Gasteiger partial charge on any atom is 0.408 e. The van der Waals surface area contributed by atoms with Crippen LogP contribution in [0.5, 0.6) is 11.5 Å². The summed E-state index contributed by atoms with van der Waals surface area (Å²) in [7, 11) is 6.10. The van der Waals surface area contributed by atoms with Crippen molar-refractivity contribution in [3.05, 3.63) is 59.7 Å². The fourth-order valence-electron chi connectivity index (χ4n) is 14.7. The molecule has 3 heterocycles. The minimum atomic E-state index is -1.57. The van der Waals surface area contributed by atoms with Crippen molar-refractivity contribution in [2.75, 3.05) is 41.4 Å². The SMILES string of the molecule is C.CC[C@H](C)[C@@H](NC(=O)[C@@H](NC(=O)OC(C)(C)C)[C@@H](C)OC(=O)[C@H](Cc1ccc(OC)cc1)NC)[C@@H](O)CC(=O)N[C@H](C(=O)N[C@@H](CC(C)C)C(=O)N1CCC[C@H]1C(=O)O)C(C)C.CC[C@H](C)[C@H]1NC(=O)[C@@H](NC(=O)OC(C)(C)C)[C@@H](C)OC(=O)[C@H](Cc2ccc(OC)cc2)N(C)C(=O)[C@@H]2CCCN2C(=O)[C@H](CC(C)C)NC(=O)[C@H](C(C)C)NC(=O)C[C@@H]1O. The van der Waals surface area contributed by atoms with Crippen LogP contribution in [0.2, 0.25) is 0 Å². The Balaban J connectivity index is 0.000000635. The molecular weight excluding hydrogens is 1610 g/mol. The third-order valence-electron chi connectivity index (χ3n) is 21.9. The molecule has 18 atom stereocenters. The zero-order valence-electron chi connectivity index (χ0n) is 76.6. The van der Waals surface area contributed by atoms with E-state index in [0.717, 1.165) is 5.56 Å². The second kappa shape index (κ2) is 50.3. The van der Waals surface area contributed by atoms with Crippen molar-refractivity contribution in [2.24, 2.45) is 35.5 Å². The number of aliphatic carboxylic acids is 1. The summed E-state index contributed by atoms with van der Waals surface area (Å²) in [6.45, 7) is 34.8. The van der Waals surface area contributed by atoms with Gasteiger partial charge in [0.2, 0.25) is 53.2 Å². The largest absolute Gasteiger partial charge is 0.497 e. The zero-order valence-corrected chi connectivity index (χ0v) is 76.6. The molecule has 2 aromatic carbocycles. The molecule has 3 fully saturated rings. The molecule has 0 aromatic heterocycles. The first-order valence-corrected chi connectivity index (χ1v) is 43.0. The molecule has 700 valence electrons. The molecule has 124 heavy (non-hydrogen) atoms. The number of alkyl carbamates (subject to hydrolysis) is 2. The Kier molecular flexibility index (Phi) is 43.9. The van der Waals surface area contributed by atoms with Crippen LogP contribution in [-0.2, 0) is 89.3 Å². The van der Waals surface area contributed by atoms with Crippen molar-refractivity contribution >= 4 is 83.3 Å². The van der Waals surface area contributed by atoms with Crippen LogP contribution in [0.15, 0.2) is 48.5 Å². The molecule has 5 rings (SSSR count). The minimum absolute atomic E-state index is 0. The molecule has 0 aliphatic carbocycles. The average molecular weight is 1750 g/mol. The van der Waals surface area contributed by atoms with Crippen molar-refractivity contribution in [1.29, 1.82) is 0 Å². The number of aliphatic hydroxyl groups excluding tert-OH is 2. The van der Waals surface area contributed by atoms with Crippen LogP contribution in [0.1, 0.15) is 221 Å². The number of nitrogens with one attached hydrogen (secondary N) is 9. The first kappa shape index (κ1) is 108. The van der Waals surface area contributed by atoms with Gasteiger partial charge in [0.1, 0.15) is 95.3 Å². The predicted octanol–water partition coefficient (Wildman–Crippen LogP) is 6.16. The Morgan fingerprint density at radius 2 is 1.23 bits per heavy atom. The van der Waals surface area contributed by atoms with Gasteiger partial charge in [-0.2, -0.15) is 0 Å². The lowest BCUT2D eigenvalue weighted by atomic mass is 9.91. The molecule has 35 heteroatoms. The van der Waals surface area contributed by atoms with E-state index in [-0.39, 0.29) is 58.0 Å². The zero-order chi connectivity index (χ0) is 93.0. The fourth-order valence-corrected chi connectivity index (χ4v) is 14.7. The summed E-state index contributed by atoms with van der Waals surface area (Å²) in [6, 6.07) is 0.507. The van der Waals surface area contributed by atoms with Crippen LogP contribution in [0, 0.1) is 35.5 Å². The smallest absolute Gasteiger partial charge is 0.408 e. The molecule has 2 aromatic rings. The molecule has 3 aliphatic heterocycles. The molecule has 0 saturated carbocycles. The van der Waals surface area contributed by atoms with Crippen LogP contribution in [0.25, 0.3) is 0 Å². The minimum Gasteiger partial charge on any atom is -0.497 e. The standard InChI is InChI=1S/C44H72N6O12.C44H70N6O11.CH4/c1-13-26(6)36(33(51)23-34(52)47-35(25(4)5)38(53)46-30(21-24(2)3)40(55)50-20-14-15-32(50)41(56)57)48-39(54)37(49-43(59)62-44(8,9)10)27(7)61-42(58)31(45-11)22-28-16-18-29(60-12)19-17-28;1-13-26(6)36-33(51)23-34(52)46-35(25(4)5)38(53)45-30(21-24(2)3)40(55)50-20-14-15-31(50)41(56)49(11)32(22-28-16-18-29(59-12)19-17-28)42(57)60-27(7)37(39(54)47-36)48-43(58)61-44(8,9)10;/h16-19,24-27,30-33,35-37,45,51H,13-15,20-23H2,1-12H3,(H,46,53)(H,47,52)(H,48,54)(H,49,59)(H,56,57);16-19,24-27,30-33,35-37,51H,13-15,20-23H2,1-12H3,(H,45,53)(H,46,52)(H,47,54)(H,48,58);1H4/t2*26-,27+,30-,31-,32-,33-,35-,36+,37-;/m00./s1. The Labute approximate surface area is 732 Å². The Morgan fingerprint density at radius 1 is 0.669 bits per heavy atom. The van der Waals surface area contributed by atoms with Gasteiger partial charge in [0.15, 0.2) is 0 Å². The Bertz CT molecular complexity index is 3850. The maximum absolute atomic E-state index is 14.5. The number of rotatable bonds is 32. The number of amides is 11. The third-order valence-corrected chi connectivity index (χ3v) is 21.9. The first-order valence-electron chi connectivity index (χ1n) is 43.0. The molecule has 0 radical (unpaired) electrons. The average Bonchev–Trinajstić information content (AvgIpc) is 1.59. The molecule has 11 amide bonds. The quantitative estimate of drug-likeness (QED) is 0.0288. The second-order valence-corrected chi connectivity index (χ2v) is 36.0. The van der Waals surface area contributed by atoms with Gasteiger partial charge in [-0.15, -0.1) is 0 Å². The molecule has 12 N–H and O–H groups in total. The Hall–Kier alpha value is -9.90. The number of carboxylic acids is 1. The number of ether oxygens (including phenoxy) is 6. The van der Waals surface area contributed by atoms with E-state index >= 15 is 0 Å². The number of carbonyl (C=O) groups is 14. The number of methoxy groups -OCH3 is 2. The number of aliphatic hydroxyl groups is 2. The number of likely N-dealkylation sites (tertiary alicyclic amines) is 1. The van der Waals surface area contributed by atoms with Gasteiger partial charge in [0, 0.05) is 26.6 Å². The normalized spacial score (nSPS) is 22.4. The summed E-state index contributed by atoms with van der Waals surface area (Å²) in [5, 5.41) is 57.2. The fraction of sp³-hybridized carbons (Fsp3) is 0.708. The number of hydrogen-bond acceptors (Lipinski definition) is 23. The van der Waals surface area contributed by atoms with Crippen molar-refractivity contribution in [2.45, 2.75) is 331 Å².